The highest BCUT2D eigenvalue weighted by Gasteiger charge is 2.06. The summed E-state index contributed by atoms with van der Waals surface area (Å²) in [7, 11) is 0. The molecule has 0 fully saturated rings. The molecule has 0 spiro atoms. The fourth-order valence-corrected chi connectivity index (χ4v) is 1.74. The molecule has 0 aliphatic heterocycles. The van der Waals surface area contributed by atoms with Gasteiger partial charge in [-0.3, -0.25) is 0 Å². The second kappa shape index (κ2) is 7.01. The summed E-state index contributed by atoms with van der Waals surface area (Å²) in [6.07, 6.45) is 1.32. The van der Waals surface area contributed by atoms with Crippen molar-refractivity contribution in [3.05, 3.63) is 70.8 Å². The van der Waals surface area contributed by atoms with E-state index in [9.17, 15) is 8.78 Å². The zero-order valence-electron chi connectivity index (χ0n) is 11.4. The third-order valence-electron chi connectivity index (χ3n) is 2.82. The number of hydrogen-bond donors (Lipinski definition) is 0. The molecule has 0 saturated heterocycles. The van der Waals surface area contributed by atoms with Gasteiger partial charge in [0.2, 0.25) is 0 Å². The largest absolute Gasteiger partial charge is 0.488 e. The molecule has 0 radical (unpaired) electrons. The summed E-state index contributed by atoms with van der Waals surface area (Å²) in [5.74, 6) is -0.653. The first-order valence-corrected chi connectivity index (χ1v) is 6.31. The molecular weight excluding hydrogens is 286 g/mol. The number of ether oxygens (including phenoxy) is 1. The van der Waals surface area contributed by atoms with E-state index in [1.165, 1.54) is 36.4 Å². The highest BCUT2D eigenvalue weighted by atomic mass is 19.1. The van der Waals surface area contributed by atoms with Gasteiger partial charge in [-0.15, -0.1) is 0 Å². The van der Waals surface area contributed by atoms with E-state index in [0.29, 0.717) is 11.1 Å². The first-order valence-electron chi connectivity index (χ1n) is 6.31. The van der Waals surface area contributed by atoms with Crippen LogP contribution in [0, 0.1) is 34.3 Å². The lowest BCUT2D eigenvalue weighted by Crippen LogP contribution is -1.98. The molecule has 0 atom stereocenters. The van der Waals surface area contributed by atoms with E-state index < -0.39 is 5.82 Å². The summed E-state index contributed by atoms with van der Waals surface area (Å²) in [4.78, 5) is 0. The van der Waals surface area contributed by atoms with Gasteiger partial charge >= 0.3 is 0 Å². The summed E-state index contributed by atoms with van der Waals surface area (Å²) in [5, 5.41) is 17.6. The summed E-state index contributed by atoms with van der Waals surface area (Å²) < 4.78 is 31.7. The van der Waals surface area contributed by atoms with Gasteiger partial charge in [-0.2, -0.15) is 10.5 Å². The molecule has 0 aliphatic carbocycles. The van der Waals surface area contributed by atoms with Crippen LogP contribution < -0.4 is 4.74 Å². The van der Waals surface area contributed by atoms with Crippen molar-refractivity contribution in [1.82, 2.24) is 0 Å². The number of rotatable bonds is 4. The second-order valence-electron chi connectivity index (χ2n) is 4.38. The van der Waals surface area contributed by atoms with Crippen molar-refractivity contribution in [1.29, 1.82) is 10.5 Å². The topological polar surface area (TPSA) is 56.8 Å². The van der Waals surface area contributed by atoms with Crippen LogP contribution in [0.2, 0.25) is 0 Å². The Hall–Kier alpha value is -3.18. The molecule has 0 aliphatic rings. The summed E-state index contributed by atoms with van der Waals surface area (Å²) in [6.45, 7) is 0.110. The number of hydrogen-bond acceptors (Lipinski definition) is 3. The van der Waals surface area contributed by atoms with Gasteiger partial charge < -0.3 is 4.74 Å². The maximum atomic E-state index is 13.3. The lowest BCUT2D eigenvalue weighted by Gasteiger charge is -2.09. The zero-order chi connectivity index (χ0) is 15.9. The molecule has 22 heavy (non-hydrogen) atoms. The van der Waals surface area contributed by atoms with Gasteiger partial charge in [0.05, 0.1) is 0 Å². The molecule has 0 aromatic heterocycles. The van der Waals surface area contributed by atoms with E-state index in [0.717, 1.165) is 0 Å². The second-order valence-corrected chi connectivity index (χ2v) is 4.38. The number of allylic oxidation sites excluding steroid dienone is 1. The molecule has 2 rings (SSSR count). The Balaban J connectivity index is 2.25. The van der Waals surface area contributed by atoms with E-state index in [4.69, 9.17) is 15.3 Å². The Morgan fingerprint density at radius 3 is 2.27 bits per heavy atom. The quantitative estimate of drug-likeness (QED) is 0.802. The first kappa shape index (κ1) is 15.2. The minimum atomic E-state index is -0.498. The van der Waals surface area contributed by atoms with Crippen molar-refractivity contribution < 1.29 is 13.5 Å². The molecule has 0 bridgehead atoms. The summed E-state index contributed by atoms with van der Waals surface area (Å²) >= 11 is 0. The zero-order valence-corrected chi connectivity index (χ0v) is 11.4. The average Bonchev–Trinajstić information content (AvgIpc) is 2.53. The van der Waals surface area contributed by atoms with Crippen LogP contribution in [0.3, 0.4) is 0 Å². The van der Waals surface area contributed by atoms with E-state index in [1.807, 2.05) is 0 Å². The van der Waals surface area contributed by atoms with Crippen LogP contribution in [0.25, 0.3) is 6.08 Å². The molecule has 0 N–H and O–H groups in total. The number of nitriles is 2. The van der Waals surface area contributed by atoms with Crippen LogP contribution in [-0.4, -0.2) is 0 Å². The fraction of sp³-hybridized carbons (Fsp3) is 0.0588. The molecule has 0 amide bonds. The number of benzene rings is 2. The Bertz CT molecular complexity index is 768. The molecule has 108 valence electrons. The monoisotopic (exact) mass is 296 g/mol. The molecule has 2 aromatic carbocycles. The number of halogens is 2. The van der Waals surface area contributed by atoms with Crippen molar-refractivity contribution >= 4 is 6.08 Å². The van der Waals surface area contributed by atoms with E-state index in [1.54, 1.807) is 24.3 Å². The Morgan fingerprint density at radius 1 is 1.00 bits per heavy atom. The molecule has 0 heterocycles. The van der Waals surface area contributed by atoms with Gasteiger partial charge in [0.25, 0.3) is 0 Å². The molecule has 0 unspecified atom stereocenters. The third-order valence-corrected chi connectivity index (χ3v) is 2.82. The summed E-state index contributed by atoms with van der Waals surface area (Å²) in [6, 6.07) is 13.0. The maximum Gasteiger partial charge on any atom is 0.130 e. The smallest absolute Gasteiger partial charge is 0.130 e. The fourth-order valence-electron chi connectivity index (χ4n) is 1.74. The lowest BCUT2D eigenvalue weighted by molar-refractivity contribution is 0.304. The Labute approximate surface area is 126 Å². The maximum absolute atomic E-state index is 13.3. The van der Waals surface area contributed by atoms with Crippen LogP contribution in [0.5, 0.6) is 5.75 Å². The van der Waals surface area contributed by atoms with Gasteiger partial charge in [0, 0.05) is 11.6 Å². The normalized spacial score (nSPS) is 9.45. The molecule has 3 nitrogen and oxygen atoms in total. The van der Waals surface area contributed by atoms with Gasteiger partial charge in [-0.1, -0.05) is 12.1 Å². The molecule has 5 heteroatoms. The highest BCUT2D eigenvalue weighted by molar-refractivity contribution is 5.66. The lowest BCUT2D eigenvalue weighted by atomic mass is 10.1. The van der Waals surface area contributed by atoms with Gasteiger partial charge in [0.1, 0.15) is 41.7 Å². The highest BCUT2D eigenvalue weighted by Crippen LogP contribution is 2.23. The predicted octanol–water partition coefficient (Wildman–Crippen LogP) is 3.97. The van der Waals surface area contributed by atoms with Crippen LogP contribution in [0.1, 0.15) is 11.1 Å². The van der Waals surface area contributed by atoms with E-state index in [-0.39, 0.29) is 23.7 Å². The van der Waals surface area contributed by atoms with Gasteiger partial charge in [-0.05, 0) is 35.9 Å². The van der Waals surface area contributed by atoms with E-state index >= 15 is 0 Å². The molecule has 0 saturated carbocycles. The van der Waals surface area contributed by atoms with Gasteiger partial charge in [-0.25, -0.2) is 8.78 Å². The summed E-state index contributed by atoms with van der Waals surface area (Å²) in [5.41, 5.74) is 1.02. The van der Waals surface area contributed by atoms with Crippen LogP contribution in [-0.2, 0) is 6.61 Å². The standard InChI is InChI=1S/C17H10F2N2O/c18-15-4-1-12(2-5-15)11-22-17-8-16(19)6-3-14(17)7-13(9-20)10-21/h1-8H,11H2. The van der Waals surface area contributed by atoms with Gasteiger partial charge in [0.15, 0.2) is 0 Å². The third kappa shape index (κ3) is 3.91. The predicted molar refractivity (Wildman–Crippen MR) is 76.3 cm³/mol. The van der Waals surface area contributed by atoms with Crippen molar-refractivity contribution in [2.75, 3.05) is 0 Å². The van der Waals surface area contributed by atoms with Crippen LogP contribution in [0.4, 0.5) is 8.78 Å². The average molecular weight is 296 g/mol. The van der Waals surface area contributed by atoms with Crippen molar-refractivity contribution in [3.63, 3.8) is 0 Å². The first-order chi connectivity index (χ1) is 10.6. The van der Waals surface area contributed by atoms with Crippen LogP contribution >= 0.6 is 0 Å². The molecule has 2 aromatic rings. The minimum absolute atomic E-state index is 0.110. The van der Waals surface area contributed by atoms with Crippen LogP contribution in [0.15, 0.2) is 48.0 Å². The Morgan fingerprint density at radius 2 is 1.64 bits per heavy atom. The minimum Gasteiger partial charge on any atom is -0.488 e. The van der Waals surface area contributed by atoms with Crippen molar-refractivity contribution in [3.8, 4) is 17.9 Å². The molecular formula is C17H10F2N2O. The number of nitrogens with zero attached hydrogens (tertiary/aromatic N) is 2. The van der Waals surface area contributed by atoms with E-state index in [2.05, 4.69) is 0 Å². The van der Waals surface area contributed by atoms with Crippen molar-refractivity contribution in [2.24, 2.45) is 0 Å². The Kier molecular flexibility index (Phi) is 4.85. The van der Waals surface area contributed by atoms with Crippen molar-refractivity contribution in [2.45, 2.75) is 6.61 Å². The SMILES string of the molecule is N#CC(C#N)=Cc1ccc(F)cc1OCc1ccc(F)cc1.